The van der Waals surface area contributed by atoms with Crippen molar-refractivity contribution >= 4 is 37.0 Å². The lowest BCUT2D eigenvalue weighted by molar-refractivity contribution is 0.0216. The van der Waals surface area contributed by atoms with Crippen LogP contribution in [-0.2, 0) is 13.8 Å². The smallest absolute Gasteiger partial charge is 0.348 e. The van der Waals surface area contributed by atoms with Crippen LogP contribution in [0.3, 0.4) is 0 Å². The molecule has 0 bridgehead atoms. The molecule has 0 atom stereocenters. The second kappa shape index (κ2) is 5.81. The van der Waals surface area contributed by atoms with Gasteiger partial charge >= 0.3 is 5.97 Å². The molecule has 0 radical (unpaired) electrons. The van der Waals surface area contributed by atoms with Gasteiger partial charge in [-0.25, -0.2) is 13.2 Å². The molecule has 1 fully saturated rings. The zero-order valence-corrected chi connectivity index (χ0v) is 12.9. The van der Waals surface area contributed by atoms with Gasteiger partial charge in [-0.15, -0.1) is 11.3 Å². The monoisotopic (exact) mass is 322 g/mol. The Bertz CT molecular complexity index is 571. The van der Waals surface area contributed by atoms with Crippen LogP contribution in [-0.4, -0.2) is 20.5 Å². The van der Waals surface area contributed by atoms with Crippen LogP contribution < -0.4 is 0 Å². The first-order valence-corrected chi connectivity index (χ1v) is 9.26. The normalized spacial score (nSPS) is 17.4. The second-order valence-corrected chi connectivity index (χ2v) is 8.42. The summed E-state index contributed by atoms with van der Waals surface area (Å²) in [6.45, 7) is 1.62. The lowest BCUT2D eigenvalue weighted by Gasteiger charge is -2.21. The van der Waals surface area contributed by atoms with Gasteiger partial charge in [-0.2, -0.15) is 0 Å². The lowest BCUT2D eigenvalue weighted by atomic mass is 9.98. The third-order valence-electron chi connectivity index (χ3n) is 3.16. The highest BCUT2D eigenvalue weighted by Gasteiger charge is 2.24. The number of halogens is 1. The quantitative estimate of drug-likeness (QED) is 0.631. The van der Waals surface area contributed by atoms with Crippen LogP contribution in [0.5, 0.6) is 0 Å². The van der Waals surface area contributed by atoms with Gasteiger partial charge in [-0.3, -0.25) is 0 Å². The predicted octanol–water partition coefficient (Wildman–Crippen LogP) is 3.47. The Morgan fingerprint density at radius 2 is 2.00 bits per heavy atom. The number of carbonyl (C=O) groups excluding carboxylic acids is 1. The maximum atomic E-state index is 12.0. The number of esters is 1. The average Bonchev–Trinajstić information content (AvgIpc) is 2.72. The van der Waals surface area contributed by atoms with Crippen molar-refractivity contribution < 1.29 is 17.9 Å². The Hall–Kier alpha value is -0.590. The summed E-state index contributed by atoms with van der Waals surface area (Å²) < 4.78 is 28.0. The molecule has 106 valence electrons. The molecule has 19 heavy (non-hydrogen) atoms. The standard InChI is InChI=1S/C12H15ClO4S2/c1-8-11(19(13,15)16)7-10(18-8)12(14)17-9-5-3-2-4-6-9/h7,9H,2-6H2,1H3. The van der Waals surface area contributed by atoms with Crippen molar-refractivity contribution in [2.24, 2.45) is 0 Å². The van der Waals surface area contributed by atoms with E-state index in [0.29, 0.717) is 9.75 Å². The third kappa shape index (κ3) is 3.70. The van der Waals surface area contributed by atoms with Crippen LogP contribution in [0.4, 0.5) is 0 Å². The number of hydrogen-bond donors (Lipinski definition) is 0. The average molecular weight is 323 g/mol. The van der Waals surface area contributed by atoms with Crippen molar-refractivity contribution in [2.45, 2.75) is 50.0 Å². The maximum Gasteiger partial charge on any atom is 0.348 e. The van der Waals surface area contributed by atoms with E-state index in [1.54, 1.807) is 6.92 Å². The molecule has 1 aromatic heterocycles. The zero-order valence-electron chi connectivity index (χ0n) is 10.5. The molecular formula is C12H15ClO4S2. The molecule has 0 saturated heterocycles. The highest BCUT2D eigenvalue weighted by atomic mass is 35.7. The molecule has 0 unspecified atom stereocenters. The minimum Gasteiger partial charge on any atom is -0.458 e. The maximum absolute atomic E-state index is 12.0. The van der Waals surface area contributed by atoms with Crippen LogP contribution in [0.1, 0.15) is 46.7 Å². The third-order valence-corrected chi connectivity index (χ3v) is 5.77. The van der Waals surface area contributed by atoms with Crippen molar-refractivity contribution in [3.05, 3.63) is 15.8 Å². The summed E-state index contributed by atoms with van der Waals surface area (Å²) >= 11 is 1.10. The van der Waals surface area contributed by atoms with E-state index < -0.39 is 15.0 Å². The first kappa shape index (κ1) is 14.8. The van der Waals surface area contributed by atoms with E-state index in [-0.39, 0.29) is 11.0 Å². The number of carbonyl (C=O) groups is 1. The molecule has 4 nitrogen and oxygen atoms in total. The summed E-state index contributed by atoms with van der Waals surface area (Å²) in [6, 6.07) is 1.30. The number of aryl methyl sites for hydroxylation is 1. The minimum absolute atomic E-state index is 0.00485. The Morgan fingerprint density at radius 3 is 2.53 bits per heavy atom. The zero-order chi connectivity index (χ0) is 14.0. The predicted molar refractivity (Wildman–Crippen MR) is 74.4 cm³/mol. The SMILES string of the molecule is Cc1sc(C(=O)OC2CCCCC2)cc1S(=O)(=O)Cl. The topological polar surface area (TPSA) is 60.4 Å². The Balaban J connectivity index is 2.11. The van der Waals surface area contributed by atoms with Gasteiger partial charge in [-0.05, 0) is 38.7 Å². The van der Waals surface area contributed by atoms with E-state index in [2.05, 4.69) is 0 Å². The van der Waals surface area contributed by atoms with Crippen molar-refractivity contribution in [1.82, 2.24) is 0 Å². The van der Waals surface area contributed by atoms with Gasteiger partial charge in [0.15, 0.2) is 0 Å². The Morgan fingerprint density at radius 1 is 1.37 bits per heavy atom. The van der Waals surface area contributed by atoms with Gasteiger partial charge in [0.1, 0.15) is 11.0 Å². The molecule has 2 rings (SSSR count). The molecular weight excluding hydrogens is 308 g/mol. The molecule has 1 aromatic rings. The summed E-state index contributed by atoms with van der Waals surface area (Å²) in [5.74, 6) is -0.452. The molecule has 0 aromatic carbocycles. The summed E-state index contributed by atoms with van der Waals surface area (Å²) in [5, 5.41) is 0. The van der Waals surface area contributed by atoms with Crippen molar-refractivity contribution in [1.29, 1.82) is 0 Å². The van der Waals surface area contributed by atoms with Crippen LogP contribution >= 0.6 is 22.0 Å². The summed E-state index contributed by atoms with van der Waals surface area (Å²) in [7, 11) is 1.50. The molecule has 0 aliphatic heterocycles. The molecule has 1 heterocycles. The van der Waals surface area contributed by atoms with Crippen LogP contribution in [0.25, 0.3) is 0 Å². The number of ether oxygens (including phenoxy) is 1. The fraction of sp³-hybridized carbons (Fsp3) is 0.583. The van der Waals surface area contributed by atoms with Gasteiger partial charge < -0.3 is 4.74 Å². The van der Waals surface area contributed by atoms with Crippen LogP contribution in [0.15, 0.2) is 11.0 Å². The van der Waals surface area contributed by atoms with E-state index in [0.717, 1.165) is 37.0 Å². The molecule has 1 saturated carbocycles. The molecule has 1 aliphatic carbocycles. The minimum atomic E-state index is -3.80. The molecule has 1 aliphatic rings. The number of hydrogen-bond acceptors (Lipinski definition) is 5. The molecule has 0 spiro atoms. The van der Waals surface area contributed by atoms with Crippen molar-refractivity contribution in [2.75, 3.05) is 0 Å². The Labute approximate surface area is 121 Å². The van der Waals surface area contributed by atoms with Gasteiger partial charge in [0.25, 0.3) is 9.05 Å². The number of thiophene rings is 1. The van der Waals surface area contributed by atoms with Gasteiger partial charge in [-0.1, -0.05) is 6.42 Å². The van der Waals surface area contributed by atoms with Gasteiger partial charge in [0.2, 0.25) is 0 Å². The van der Waals surface area contributed by atoms with Crippen LogP contribution in [0.2, 0.25) is 0 Å². The first-order valence-electron chi connectivity index (χ1n) is 6.14. The molecule has 0 amide bonds. The Kier molecular flexibility index (Phi) is 4.53. The lowest BCUT2D eigenvalue weighted by Crippen LogP contribution is -2.20. The number of rotatable bonds is 3. The van der Waals surface area contributed by atoms with E-state index in [4.69, 9.17) is 15.4 Å². The van der Waals surface area contributed by atoms with E-state index in [1.807, 2.05) is 0 Å². The summed E-state index contributed by atoms with van der Waals surface area (Å²) in [5.41, 5.74) is 0. The summed E-state index contributed by atoms with van der Waals surface area (Å²) in [4.78, 5) is 12.7. The largest absolute Gasteiger partial charge is 0.458 e. The van der Waals surface area contributed by atoms with Gasteiger partial charge in [0.05, 0.1) is 4.90 Å². The molecule has 0 N–H and O–H groups in total. The fourth-order valence-corrected chi connectivity index (χ4v) is 4.75. The first-order chi connectivity index (χ1) is 8.88. The highest BCUT2D eigenvalue weighted by molar-refractivity contribution is 8.13. The van der Waals surface area contributed by atoms with E-state index in [9.17, 15) is 13.2 Å². The highest BCUT2D eigenvalue weighted by Crippen LogP contribution is 2.30. The van der Waals surface area contributed by atoms with E-state index in [1.165, 1.54) is 12.5 Å². The molecule has 7 heteroatoms. The summed E-state index contributed by atoms with van der Waals surface area (Å²) in [6.07, 6.45) is 5.06. The fourth-order valence-electron chi connectivity index (χ4n) is 2.20. The van der Waals surface area contributed by atoms with Gasteiger partial charge in [0, 0.05) is 15.6 Å². The van der Waals surface area contributed by atoms with E-state index >= 15 is 0 Å². The van der Waals surface area contributed by atoms with Crippen LogP contribution in [0, 0.1) is 6.92 Å². The van der Waals surface area contributed by atoms with Crippen molar-refractivity contribution in [3.63, 3.8) is 0 Å². The second-order valence-electron chi connectivity index (χ2n) is 4.63. The van der Waals surface area contributed by atoms with Crippen molar-refractivity contribution in [3.8, 4) is 0 Å².